The maximum Gasteiger partial charge on any atom is 0.220 e. The normalized spacial score (nSPS) is 27.6. The average molecular weight is 280 g/mol. The second-order valence-electron chi connectivity index (χ2n) is 6.97. The summed E-state index contributed by atoms with van der Waals surface area (Å²) in [6, 6.07) is 0.378. The van der Waals surface area contributed by atoms with Gasteiger partial charge in [0.05, 0.1) is 0 Å². The van der Waals surface area contributed by atoms with E-state index in [9.17, 15) is 4.79 Å². The number of carbonyl (C=O) groups excluding carboxylic acids is 1. The van der Waals surface area contributed by atoms with Crippen molar-refractivity contribution < 1.29 is 4.79 Å². The minimum atomic E-state index is 0.246. The summed E-state index contributed by atoms with van der Waals surface area (Å²) >= 11 is 0. The number of hydrogen-bond donors (Lipinski definition) is 2. The molecule has 0 saturated heterocycles. The fourth-order valence-corrected chi connectivity index (χ4v) is 3.94. The third-order valence-corrected chi connectivity index (χ3v) is 5.19. The topological polar surface area (TPSA) is 55.1 Å². The predicted molar refractivity (Wildman–Crippen MR) is 83.4 cm³/mol. The standard InChI is InChI=1S/C17H32N2O/c18-16-9-3-7-15(13-16)10-11-17(20)19-12-4-8-14-5-1-2-6-14/h14-16H,1-13,18H2,(H,19,20). The number of nitrogens with one attached hydrogen (secondary N) is 1. The van der Waals surface area contributed by atoms with Crippen molar-refractivity contribution in [3.8, 4) is 0 Å². The van der Waals surface area contributed by atoms with Gasteiger partial charge in [0, 0.05) is 19.0 Å². The summed E-state index contributed by atoms with van der Waals surface area (Å²) in [5.74, 6) is 1.87. The summed E-state index contributed by atoms with van der Waals surface area (Å²) in [4.78, 5) is 11.8. The first kappa shape index (κ1) is 15.8. The second-order valence-corrected chi connectivity index (χ2v) is 6.97. The highest BCUT2D eigenvalue weighted by Crippen LogP contribution is 2.28. The Labute approximate surface area is 124 Å². The second kappa shape index (κ2) is 8.66. The molecular formula is C17H32N2O. The van der Waals surface area contributed by atoms with Gasteiger partial charge >= 0.3 is 0 Å². The lowest BCUT2D eigenvalue weighted by Gasteiger charge is -2.26. The first-order valence-electron chi connectivity index (χ1n) is 8.76. The molecule has 0 bridgehead atoms. The van der Waals surface area contributed by atoms with E-state index >= 15 is 0 Å². The van der Waals surface area contributed by atoms with Crippen LogP contribution in [-0.2, 0) is 4.79 Å². The zero-order valence-corrected chi connectivity index (χ0v) is 12.9. The molecule has 0 aromatic rings. The SMILES string of the molecule is NC1CCCC(CCC(=O)NCCCC2CCCC2)C1. The van der Waals surface area contributed by atoms with Crippen LogP contribution in [0.3, 0.4) is 0 Å². The van der Waals surface area contributed by atoms with Crippen LogP contribution < -0.4 is 11.1 Å². The van der Waals surface area contributed by atoms with Gasteiger partial charge in [-0.15, -0.1) is 0 Å². The molecule has 2 aliphatic carbocycles. The van der Waals surface area contributed by atoms with Gasteiger partial charge < -0.3 is 11.1 Å². The van der Waals surface area contributed by atoms with E-state index in [1.165, 1.54) is 51.4 Å². The van der Waals surface area contributed by atoms with Gasteiger partial charge in [0.2, 0.25) is 5.91 Å². The fraction of sp³-hybridized carbons (Fsp3) is 0.941. The van der Waals surface area contributed by atoms with Gasteiger partial charge in [0.1, 0.15) is 0 Å². The molecule has 2 atom stereocenters. The molecule has 0 radical (unpaired) electrons. The van der Waals surface area contributed by atoms with Crippen LogP contribution in [0.15, 0.2) is 0 Å². The quantitative estimate of drug-likeness (QED) is 0.702. The third-order valence-electron chi connectivity index (χ3n) is 5.19. The molecule has 3 heteroatoms. The molecule has 0 aliphatic heterocycles. The minimum absolute atomic E-state index is 0.246. The van der Waals surface area contributed by atoms with E-state index in [-0.39, 0.29) is 5.91 Å². The summed E-state index contributed by atoms with van der Waals surface area (Å²) < 4.78 is 0. The molecule has 3 N–H and O–H groups in total. The molecule has 0 aromatic carbocycles. The maximum absolute atomic E-state index is 11.8. The van der Waals surface area contributed by atoms with Crippen molar-refractivity contribution in [2.24, 2.45) is 17.6 Å². The molecular weight excluding hydrogens is 248 g/mol. The summed E-state index contributed by atoms with van der Waals surface area (Å²) in [7, 11) is 0. The summed E-state index contributed by atoms with van der Waals surface area (Å²) in [6.45, 7) is 0.875. The van der Waals surface area contributed by atoms with Gasteiger partial charge in [0.15, 0.2) is 0 Å². The smallest absolute Gasteiger partial charge is 0.220 e. The van der Waals surface area contributed by atoms with E-state index in [0.717, 1.165) is 31.7 Å². The minimum Gasteiger partial charge on any atom is -0.356 e. The van der Waals surface area contributed by atoms with Crippen molar-refractivity contribution in [3.63, 3.8) is 0 Å². The van der Waals surface area contributed by atoms with Crippen LogP contribution in [0.25, 0.3) is 0 Å². The Balaban J connectivity index is 1.47. The first-order valence-corrected chi connectivity index (χ1v) is 8.76. The highest BCUT2D eigenvalue weighted by molar-refractivity contribution is 5.75. The average Bonchev–Trinajstić information content (AvgIpc) is 2.95. The lowest BCUT2D eigenvalue weighted by molar-refractivity contribution is -0.121. The monoisotopic (exact) mass is 280 g/mol. The van der Waals surface area contributed by atoms with Crippen LogP contribution >= 0.6 is 0 Å². The Bertz CT molecular complexity index is 287. The lowest BCUT2D eigenvalue weighted by Crippen LogP contribution is -2.29. The van der Waals surface area contributed by atoms with Crippen LogP contribution in [0, 0.1) is 11.8 Å². The van der Waals surface area contributed by atoms with Crippen LogP contribution in [0.2, 0.25) is 0 Å². The van der Waals surface area contributed by atoms with E-state index in [1.807, 2.05) is 0 Å². The molecule has 20 heavy (non-hydrogen) atoms. The van der Waals surface area contributed by atoms with Gasteiger partial charge in [-0.2, -0.15) is 0 Å². The van der Waals surface area contributed by atoms with Crippen LogP contribution in [-0.4, -0.2) is 18.5 Å². The number of rotatable bonds is 7. The van der Waals surface area contributed by atoms with Crippen molar-refractivity contribution in [3.05, 3.63) is 0 Å². The number of nitrogens with two attached hydrogens (primary N) is 1. The fourth-order valence-electron chi connectivity index (χ4n) is 3.94. The molecule has 2 saturated carbocycles. The molecule has 1 amide bonds. The molecule has 2 unspecified atom stereocenters. The van der Waals surface area contributed by atoms with Crippen molar-refractivity contribution in [1.82, 2.24) is 5.32 Å². The van der Waals surface area contributed by atoms with E-state index in [4.69, 9.17) is 5.73 Å². The van der Waals surface area contributed by atoms with Gasteiger partial charge in [-0.1, -0.05) is 38.5 Å². The molecule has 2 aliphatic rings. The molecule has 0 aromatic heterocycles. The number of hydrogen-bond acceptors (Lipinski definition) is 2. The Kier molecular flexibility index (Phi) is 6.85. The largest absolute Gasteiger partial charge is 0.356 e. The summed E-state index contributed by atoms with van der Waals surface area (Å²) in [6.07, 6.45) is 14.6. The third kappa shape index (κ3) is 5.82. The summed E-state index contributed by atoms with van der Waals surface area (Å²) in [5, 5.41) is 3.09. The molecule has 2 fully saturated rings. The molecule has 0 heterocycles. The molecule has 116 valence electrons. The van der Waals surface area contributed by atoms with Crippen molar-refractivity contribution in [2.75, 3.05) is 6.54 Å². The summed E-state index contributed by atoms with van der Waals surface area (Å²) in [5.41, 5.74) is 5.99. The van der Waals surface area contributed by atoms with Crippen molar-refractivity contribution >= 4 is 5.91 Å². The van der Waals surface area contributed by atoms with Crippen LogP contribution in [0.1, 0.15) is 77.0 Å². The molecule has 0 spiro atoms. The van der Waals surface area contributed by atoms with E-state index < -0.39 is 0 Å². The number of carbonyl (C=O) groups is 1. The van der Waals surface area contributed by atoms with E-state index in [1.54, 1.807) is 0 Å². The van der Waals surface area contributed by atoms with Crippen molar-refractivity contribution in [1.29, 1.82) is 0 Å². The zero-order valence-electron chi connectivity index (χ0n) is 12.9. The molecule has 2 rings (SSSR count). The number of amides is 1. The lowest BCUT2D eigenvalue weighted by atomic mass is 9.83. The highest BCUT2D eigenvalue weighted by Gasteiger charge is 2.19. The van der Waals surface area contributed by atoms with E-state index in [0.29, 0.717) is 18.4 Å². The van der Waals surface area contributed by atoms with Gasteiger partial charge in [-0.05, 0) is 43.9 Å². The highest BCUT2D eigenvalue weighted by atomic mass is 16.1. The van der Waals surface area contributed by atoms with Crippen molar-refractivity contribution in [2.45, 2.75) is 83.1 Å². The predicted octanol–water partition coefficient (Wildman–Crippen LogP) is 3.37. The van der Waals surface area contributed by atoms with Crippen LogP contribution in [0.5, 0.6) is 0 Å². The maximum atomic E-state index is 11.8. The molecule has 3 nitrogen and oxygen atoms in total. The van der Waals surface area contributed by atoms with Crippen LogP contribution in [0.4, 0.5) is 0 Å². The van der Waals surface area contributed by atoms with E-state index in [2.05, 4.69) is 5.32 Å². The zero-order chi connectivity index (χ0) is 14.2. The van der Waals surface area contributed by atoms with Gasteiger partial charge in [-0.3, -0.25) is 4.79 Å². The Morgan fingerprint density at radius 2 is 1.75 bits per heavy atom. The first-order chi connectivity index (χ1) is 9.74. The Hall–Kier alpha value is -0.570. The van der Waals surface area contributed by atoms with Gasteiger partial charge in [0.25, 0.3) is 0 Å². The Morgan fingerprint density at radius 1 is 1.00 bits per heavy atom. The van der Waals surface area contributed by atoms with Gasteiger partial charge in [-0.25, -0.2) is 0 Å². The Morgan fingerprint density at radius 3 is 2.50 bits per heavy atom.